The van der Waals surface area contributed by atoms with E-state index in [0.29, 0.717) is 5.56 Å². The molecule has 136 valence electrons. The van der Waals surface area contributed by atoms with Gasteiger partial charge < -0.3 is 10.2 Å². The summed E-state index contributed by atoms with van der Waals surface area (Å²) < 4.78 is 2.88. The van der Waals surface area contributed by atoms with Gasteiger partial charge in [-0.1, -0.05) is 24.3 Å². The maximum absolute atomic E-state index is 12.4. The Morgan fingerprint density at radius 3 is 3.08 bits per heavy atom. The SMILES string of the molecule is CCc1ccc2nc(N3CCCC(NC(=O)c4cnn(C)c4)C3)sc2c1. The van der Waals surface area contributed by atoms with Crippen LogP contribution in [-0.4, -0.2) is 39.8 Å². The highest BCUT2D eigenvalue weighted by Gasteiger charge is 2.24. The van der Waals surface area contributed by atoms with Crippen molar-refractivity contribution in [3.05, 3.63) is 41.7 Å². The second-order valence-corrected chi connectivity index (χ2v) is 7.82. The molecular formula is C19H23N5OS. The van der Waals surface area contributed by atoms with Crippen molar-refractivity contribution in [2.24, 2.45) is 7.05 Å². The van der Waals surface area contributed by atoms with E-state index >= 15 is 0 Å². The third kappa shape index (κ3) is 3.44. The molecule has 0 radical (unpaired) electrons. The van der Waals surface area contributed by atoms with Gasteiger partial charge in [-0.25, -0.2) is 4.98 Å². The molecule has 7 heteroatoms. The van der Waals surface area contributed by atoms with Crippen LogP contribution in [0.3, 0.4) is 0 Å². The van der Waals surface area contributed by atoms with Gasteiger partial charge in [-0.2, -0.15) is 5.10 Å². The number of hydrogen-bond donors (Lipinski definition) is 1. The van der Waals surface area contributed by atoms with E-state index in [2.05, 4.69) is 40.4 Å². The molecule has 26 heavy (non-hydrogen) atoms. The van der Waals surface area contributed by atoms with Crippen LogP contribution in [0.1, 0.15) is 35.7 Å². The number of thiazole rings is 1. The molecule has 0 saturated carbocycles. The van der Waals surface area contributed by atoms with Crippen LogP contribution < -0.4 is 10.2 Å². The molecule has 1 N–H and O–H groups in total. The first-order valence-electron chi connectivity index (χ1n) is 9.06. The van der Waals surface area contributed by atoms with Gasteiger partial charge in [-0.3, -0.25) is 9.48 Å². The van der Waals surface area contributed by atoms with E-state index in [1.807, 2.05) is 7.05 Å². The lowest BCUT2D eigenvalue weighted by Gasteiger charge is -2.32. The average molecular weight is 369 g/mol. The molecule has 1 saturated heterocycles. The summed E-state index contributed by atoms with van der Waals surface area (Å²) in [5.41, 5.74) is 3.01. The topological polar surface area (TPSA) is 63.1 Å². The Kier molecular flexibility index (Phi) is 4.63. The molecule has 3 aromatic rings. The summed E-state index contributed by atoms with van der Waals surface area (Å²) in [6.07, 6.45) is 6.43. The molecule has 1 aromatic carbocycles. The number of nitrogens with zero attached hydrogens (tertiary/aromatic N) is 4. The minimum absolute atomic E-state index is 0.0539. The van der Waals surface area contributed by atoms with Crippen molar-refractivity contribution in [3.8, 4) is 0 Å². The van der Waals surface area contributed by atoms with Crippen LogP contribution in [0.2, 0.25) is 0 Å². The Bertz CT molecular complexity index is 931. The fourth-order valence-corrected chi connectivity index (χ4v) is 4.45. The van der Waals surface area contributed by atoms with Gasteiger partial charge in [0.15, 0.2) is 5.13 Å². The predicted octanol–water partition coefficient (Wildman–Crippen LogP) is 2.99. The van der Waals surface area contributed by atoms with E-state index in [9.17, 15) is 4.79 Å². The quantitative estimate of drug-likeness (QED) is 0.768. The average Bonchev–Trinajstić information content (AvgIpc) is 3.27. The monoisotopic (exact) mass is 369 g/mol. The molecule has 6 nitrogen and oxygen atoms in total. The summed E-state index contributed by atoms with van der Waals surface area (Å²) in [5, 5.41) is 8.26. The number of nitrogens with one attached hydrogen (secondary N) is 1. The highest BCUT2D eigenvalue weighted by Crippen LogP contribution is 2.31. The number of anilines is 1. The summed E-state index contributed by atoms with van der Waals surface area (Å²) >= 11 is 1.74. The third-order valence-corrected chi connectivity index (χ3v) is 5.92. The molecule has 1 aliphatic heterocycles. The third-order valence-electron chi connectivity index (χ3n) is 4.84. The number of hydrogen-bond acceptors (Lipinski definition) is 5. The highest BCUT2D eigenvalue weighted by molar-refractivity contribution is 7.22. The number of rotatable bonds is 4. The Morgan fingerprint density at radius 1 is 1.42 bits per heavy atom. The lowest BCUT2D eigenvalue weighted by Crippen LogP contribution is -2.47. The van der Waals surface area contributed by atoms with Gasteiger partial charge in [0.05, 0.1) is 22.0 Å². The smallest absolute Gasteiger partial charge is 0.254 e. The first kappa shape index (κ1) is 17.0. The second-order valence-electron chi connectivity index (χ2n) is 6.81. The summed E-state index contributed by atoms with van der Waals surface area (Å²) in [7, 11) is 1.82. The first-order valence-corrected chi connectivity index (χ1v) is 9.88. The fraction of sp³-hybridized carbons (Fsp3) is 0.421. The Labute approximate surface area is 156 Å². The van der Waals surface area contributed by atoms with Crippen molar-refractivity contribution in [3.63, 3.8) is 0 Å². The van der Waals surface area contributed by atoms with Gasteiger partial charge in [0, 0.05) is 32.4 Å². The van der Waals surface area contributed by atoms with Crippen LogP contribution in [0, 0.1) is 0 Å². The van der Waals surface area contributed by atoms with Gasteiger partial charge in [0.25, 0.3) is 5.91 Å². The molecule has 0 aliphatic carbocycles. The first-order chi connectivity index (χ1) is 12.6. The molecule has 4 rings (SSSR count). The standard InChI is InChI=1S/C19H23N5OS/c1-3-13-6-7-16-17(9-13)26-19(22-16)24-8-4-5-15(12-24)21-18(25)14-10-20-23(2)11-14/h6-7,9-11,15H,3-5,8,12H2,1-2H3,(H,21,25). The van der Waals surface area contributed by atoms with Crippen molar-refractivity contribution >= 4 is 32.6 Å². The molecule has 1 unspecified atom stereocenters. The number of benzene rings is 1. The minimum atomic E-state index is -0.0539. The molecule has 1 amide bonds. The van der Waals surface area contributed by atoms with Crippen LogP contribution in [0.5, 0.6) is 0 Å². The highest BCUT2D eigenvalue weighted by atomic mass is 32.1. The molecule has 1 aliphatic rings. The van der Waals surface area contributed by atoms with Crippen molar-refractivity contribution in [1.29, 1.82) is 0 Å². The van der Waals surface area contributed by atoms with E-state index < -0.39 is 0 Å². The fourth-order valence-electron chi connectivity index (χ4n) is 3.39. The maximum Gasteiger partial charge on any atom is 0.254 e. The van der Waals surface area contributed by atoms with E-state index in [0.717, 1.165) is 43.0 Å². The minimum Gasteiger partial charge on any atom is -0.347 e. The van der Waals surface area contributed by atoms with Gasteiger partial charge in [-0.15, -0.1) is 0 Å². The van der Waals surface area contributed by atoms with Crippen molar-refractivity contribution in [1.82, 2.24) is 20.1 Å². The van der Waals surface area contributed by atoms with Crippen molar-refractivity contribution < 1.29 is 4.79 Å². The van der Waals surface area contributed by atoms with E-state index in [-0.39, 0.29) is 11.9 Å². The van der Waals surface area contributed by atoms with Gasteiger partial charge in [0.1, 0.15) is 0 Å². The zero-order valence-electron chi connectivity index (χ0n) is 15.1. The predicted molar refractivity (Wildman–Crippen MR) is 105 cm³/mol. The van der Waals surface area contributed by atoms with Crippen LogP contribution in [0.25, 0.3) is 10.2 Å². The number of carbonyl (C=O) groups is 1. The van der Waals surface area contributed by atoms with Crippen LogP contribution >= 0.6 is 11.3 Å². The number of carbonyl (C=O) groups excluding carboxylic acids is 1. The summed E-state index contributed by atoms with van der Waals surface area (Å²) in [6, 6.07) is 6.63. The van der Waals surface area contributed by atoms with E-state index in [1.54, 1.807) is 28.4 Å². The normalized spacial score (nSPS) is 17.6. The summed E-state index contributed by atoms with van der Waals surface area (Å²) in [4.78, 5) is 19.5. The van der Waals surface area contributed by atoms with Crippen molar-refractivity contribution in [2.75, 3.05) is 18.0 Å². The van der Waals surface area contributed by atoms with Gasteiger partial charge in [-0.05, 0) is 37.0 Å². The molecule has 1 fully saturated rings. The van der Waals surface area contributed by atoms with E-state index in [4.69, 9.17) is 4.98 Å². The number of piperidine rings is 1. The Morgan fingerprint density at radius 2 is 2.31 bits per heavy atom. The van der Waals surface area contributed by atoms with Crippen LogP contribution in [0.15, 0.2) is 30.6 Å². The molecule has 3 heterocycles. The Hall–Kier alpha value is -2.41. The second kappa shape index (κ2) is 7.07. The number of fused-ring (bicyclic) bond motifs is 1. The zero-order valence-corrected chi connectivity index (χ0v) is 15.9. The molecule has 1 atom stereocenters. The van der Waals surface area contributed by atoms with Crippen molar-refractivity contribution in [2.45, 2.75) is 32.2 Å². The lowest BCUT2D eigenvalue weighted by atomic mass is 10.1. The molecule has 2 aromatic heterocycles. The molecule has 0 bridgehead atoms. The lowest BCUT2D eigenvalue weighted by molar-refractivity contribution is 0.0933. The van der Waals surface area contributed by atoms with Crippen LogP contribution in [0.4, 0.5) is 5.13 Å². The van der Waals surface area contributed by atoms with Gasteiger partial charge in [0.2, 0.25) is 0 Å². The van der Waals surface area contributed by atoms with Crippen LogP contribution in [-0.2, 0) is 13.5 Å². The zero-order chi connectivity index (χ0) is 18.1. The van der Waals surface area contributed by atoms with Gasteiger partial charge >= 0.3 is 0 Å². The number of aromatic nitrogens is 3. The summed E-state index contributed by atoms with van der Waals surface area (Å²) in [6.45, 7) is 3.95. The number of amides is 1. The molecular weight excluding hydrogens is 346 g/mol. The maximum atomic E-state index is 12.4. The van der Waals surface area contributed by atoms with E-state index in [1.165, 1.54) is 10.3 Å². The largest absolute Gasteiger partial charge is 0.347 e. The Balaban J connectivity index is 1.47. The summed E-state index contributed by atoms with van der Waals surface area (Å²) in [5.74, 6) is -0.0539. The molecule has 0 spiro atoms. The number of aryl methyl sites for hydroxylation is 2.